The first-order chi connectivity index (χ1) is 6.69. The highest BCUT2D eigenvalue weighted by molar-refractivity contribution is 4.79. The molecule has 2 unspecified atom stereocenters. The van der Waals surface area contributed by atoms with Gasteiger partial charge in [0, 0.05) is 25.7 Å². The van der Waals surface area contributed by atoms with Crippen LogP contribution < -0.4 is 5.73 Å². The van der Waals surface area contributed by atoms with Crippen molar-refractivity contribution in [1.82, 2.24) is 4.90 Å². The highest BCUT2D eigenvalue weighted by Crippen LogP contribution is 2.17. The average Bonchev–Trinajstić information content (AvgIpc) is 2.19. The van der Waals surface area contributed by atoms with E-state index >= 15 is 0 Å². The van der Waals surface area contributed by atoms with Gasteiger partial charge in [-0.1, -0.05) is 20.8 Å². The van der Waals surface area contributed by atoms with Crippen molar-refractivity contribution >= 4 is 0 Å². The summed E-state index contributed by atoms with van der Waals surface area (Å²) in [6.45, 7) is 10.4. The molecule has 0 aliphatic carbocycles. The Balaban J connectivity index is 2.48. The first-order valence-electron chi connectivity index (χ1n) is 5.74. The molecule has 0 aromatic rings. The highest BCUT2D eigenvalue weighted by Gasteiger charge is 2.26. The minimum atomic E-state index is 0.247. The van der Waals surface area contributed by atoms with Crippen molar-refractivity contribution in [1.29, 1.82) is 0 Å². The van der Waals surface area contributed by atoms with E-state index in [0.717, 1.165) is 25.6 Å². The second kappa shape index (κ2) is 5.69. The minimum Gasteiger partial charge on any atom is -0.374 e. The SMILES string of the molecule is CCC(C(C)C)N1CCOC(CN)C1. The van der Waals surface area contributed by atoms with Crippen molar-refractivity contribution < 1.29 is 4.74 Å². The molecule has 0 spiro atoms. The van der Waals surface area contributed by atoms with E-state index in [-0.39, 0.29) is 6.10 Å². The highest BCUT2D eigenvalue weighted by atomic mass is 16.5. The van der Waals surface area contributed by atoms with Gasteiger partial charge in [-0.3, -0.25) is 4.90 Å². The fourth-order valence-corrected chi connectivity index (χ4v) is 2.34. The molecule has 14 heavy (non-hydrogen) atoms. The molecule has 2 N–H and O–H groups in total. The average molecular weight is 200 g/mol. The van der Waals surface area contributed by atoms with Gasteiger partial charge in [0.15, 0.2) is 0 Å². The minimum absolute atomic E-state index is 0.247. The monoisotopic (exact) mass is 200 g/mol. The first-order valence-corrected chi connectivity index (χ1v) is 5.74. The number of nitrogens with zero attached hydrogens (tertiary/aromatic N) is 1. The number of morpholine rings is 1. The largest absolute Gasteiger partial charge is 0.374 e. The number of nitrogens with two attached hydrogens (primary N) is 1. The van der Waals surface area contributed by atoms with Crippen LogP contribution in [0, 0.1) is 5.92 Å². The molecule has 1 heterocycles. The van der Waals surface area contributed by atoms with Crippen molar-refractivity contribution in [2.24, 2.45) is 11.7 Å². The Bertz CT molecular complexity index is 161. The van der Waals surface area contributed by atoms with Gasteiger partial charge in [0.2, 0.25) is 0 Å². The third-order valence-corrected chi connectivity index (χ3v) is 3.09. The first kappa shape index (κ1) is 12.0. The number of rotatable bonds is 4. The maximum atomic E-state index is 5.63. The van der Waals surface area contributed by atoms with Gasteiger partial charge in [-0.05, 0) is 12.3 Å². The van der Waals surface area contributed by atoms with E-state index in [9.17, 15) is 0 Å². The fraction of sp³-hybridized carbons (Fsp3) is 1.00. The number of hydrogen-bond donors (Lipinski definition) is 1. The molecular formula is C11H24N2O. The Kier molecular flexibility index (Phi) is 4.85. The van der Waals surface area contributed by atoms with Crippen LogP contribution >= 0.6 is 0 Å². The van der Waals surface area contributed by atoms with Crippen LogP contribution in [0.1, 0.15) is 27.2 Å². The summed E-state index contributed by atoms with van der Waals surface area (Å²) >= 11 is 0. The zero-order chi connectivity index (χ0) is 10.6. The third-order valence-electron chi connectivity index (χ3n) is 3.09. The lowest BCUT2D eigenvalue weighted by Crippen LogP contribution is -2.51. The molecule has 1 fully saturated rings. The van der Waals surface area contributed by atoms with Gasteiger partial charge in [-0.25, -0.2) is 0 Å². The Morgan fingerprint density at radius 2 is 2.21 bits per heavy atom. The fourth-order valence-electron chi connectivity index (χ4n) is 2.34. The number of hydrogen-bond acceptors (Lipinski definition) is 3. The molecule has 0 amide bonds. The third kappa shape index (κ3) is 2.94. The predicted octanol–water partition coefficient (Wildman–Crippen LogP) is 1.08. The molecule has 0 saturated carbocycles. The smallest absolute Gasteiger partial charge is 0.0824 e. The Morgan fingerprint density at radius 3 is 2.71 bits per heavy atom. The lowest BCUT2D eigenvalue weighted by Gasteiger charge is -2.39. The van der Waals surface area contributed by atoms with Crippen molar-refractivity contribution in [2.45, 2.75) is 39.3 Å². The van der Waals surface area contributed by atoms with Crippen molar-refractivity contribution in [3.05, 3.63) is 0 Å². The molecule has 0 radical (unpaired) electrons. The summed E-state index contributed by atoms with van der Waals surface area (Å²) in [5, 5.41) is 0. The molecule has 1 aliphatic heterocycles. The molecular weight excluding hydrogens is 176 g/mol. The summed E-state index contributed by atoms with van der Waals surface area (Å²) < 4.78 is 5.57. The molecule has 3 heteroatoms. The zero-order valence-electron chi connectivity index (χ0n) is 9.70. The second-order valence-electron chi connectivity index (χ2n) is 4.44. The van der Waals surface area contributed by atoms with Crippen molar-refractivity contribution in [2.75, 3.05) is 26.2 Å². The molecule has 1 rings (SSSR count). The quantitative estimate of drug-likeness (QED) is 0.738. The van der Waals surface area contributed by atoms with Crippen LogP contribution in [0.2, 0.25) is 0 Å². The van der Waals surface area contributed by atoms with E-state index < -0.39 is 0 Å². The van der Waals surface area contributed by atoms with E-state index in [0.29, 0.717) is 12.6 Å². The van der Waals surface area contributed by atoms with Crippen LogP contribution in [0.4, 0.5) is 0 Å². The normalized spacial score (nSPS) is 26.8. The molecule has 3 nitrogen and oxygen atoms in total. The summed E-state index contributed by atoms with van der Waals surface area (Å²) in [7, 11) is 0. The Hall–Kier alpha value is -0.120. The van der Waals surface area contributed by atoms with E-state index in [1.54, 1.807) is 0 Å². The Labute approximate surface area is 87.6 Å². The molecule has 0 bridgehead atoms. The molecule has 0 aromatic carbocycles. The van der Waals surface area contributed by atoms with E-state index in [1.807, 2.05) is 0 Å². The van der Waals surface area contributed by atoms with Gasteiger partial charge in [-0.15, -0.1) is 0 Å². The summed E-state index contributed by atoms with van der Waals surface area (Å²) in [4.78, 5) is 2.53. The van der Waals surface area contributed by atoms with Crippen molar-refractivity contribution in [3.63, 3.8) is 0 Å². The van der Waals surface area contributed by atoms with Crippen LogP contribution in [0.15, 0.2) is 0 Å². The number of ether oxygens (including phenoxy) is 1. The van der Waals surface area contributed by atoms with E-state index in [1.165, 1.54) is 6.42 Å². The summed E-state index contributed by atoms with van der Waals surface area (Å²) in [5.41, 5.74) is 5.63. The molecule has 1 aliphatic rings. The van der Waals surface area contributed by atoms with Gasteiger partial charge in [0.05, 0.1) is 12.7 Å². The molecule has 1 saturated heterocycles. The second-order valence-corrected chi connectivity index (χ2v) is 4.44. The van der Waals surface area contributed by atoms with Gasteiger partial charge in [0.1, 0.15) is 0 Å². The summed E-state index contributed by atoms with van der Waals surface area (Å²) in [6, 6.07) is 0.688. The summed E-state index contributed by atoms with van der Waals surface area (Å²) in [6.07, 6.45) is 1.46. The van der Waals surface area contributed by atoms with Gasteiger partial charge in [0.25, 0.3) is 0 Å². The molecule has 2 atom stereocenters. The van der Waals surface area contributed by atoms with Gasteiger partial charge in [-0.2, -0.15) is 0 Å². The van der Waals surface area contributed by atoms with Crippen LogP contribution in [0.5, 0.6) is 0 Å². The Morgan fingerprint density at radius 1 is 1.50 bits per heavy atom. The zero-order valence-corrected chi connectivity index (χ0v) is 9.70. The summed E-state index contributed by atoms with van der Waals surface area (Å²) in [5.74, 6) is 0.719. The van der Waals surface area contributed by atoms with Gasteiger partial charge < -0.3 is 10.5 Å². The van der Waals surface area contributed by atoms with Crippen LogP contribution in [-0.4, -0.2) is 43.3 Å². The molecule has 0 aromatic heterocycles. The lowest BCUT2D eigenvalue weighted by atomic mass is 9.99. The maximum absolute atomic E-state index is 5.63. The van der Waals surface area contributed by atoms with Gasteiger partial charge >= 0.3 is 0 Å². The standard InChI is InChI=1S/C11H24N2O/c1-4-11(9(2)3)13-5-6-14-10(7-12)8-13/h9-11H,4-8,12H2,1-3H3. The van der Waals surface area contributed by atoms with Crippen LogP contribution in [-0.2, 0) is 4.74 Å². The molecule has 84 valence electrons. The van der Waals surface area contributed by atoms with E-state index in [2.05, 4.69) is 25.7 Å². The van der Waals surface area contributed by atoms with Crippen LogP contribution in [0.3, 0.4) is 0 Å². The maximum Gasteiger partial charge on any atom is 0.0824 e. The van der Waals surface area contributed by atoms with E-state index in [4.69, 9.17) is 10.5 Å². The lowest BCUT2D eigenvalue weighted by molar-refractivity contribution is -0.0457. The van der Waals surface area contributed by atoms with Crippen molar-refractivity contribution in [3.8, 4) is 0 Å². The van der Waals surface area contributed by atoms with Crippen LogP contribution in [0.25, 0.3) is 0 Å². The predicted molar refractivity (Wildman–Crippen MR) is 59.3 cm³/mol. The topological polar surface area (TPSA) is 38.5 Å².